The van der Waals surface area contributed by atoms with Crippen LogP contribution in [-0.2, 0) is 14.0 Å². The molecule has 0 amide bonds. The fourth-order valence-corrected chi connectivity index (χ4v) is 4.58. The predicted octanol–water partition coefficient (Wildman–Crippen LogP) is 0.356. The van der Waals surface area contributed by atoms with Gasteiger partial charge in [0.25, 0.3) is 0 Å². The molecule has 3 heterocycles. The second-order valence-electron chi connectivity index (χ2n) is 8.49. The van der Waals surface area contributed by atoms with E-state index in [1.807, 2.05) is 0 Å². The maximum absolute atomic E-state index is 11.8. The fourth-order valence-electron chi connectivity index (χ4n) is 3.78. The van der Waals surface area contributed by atoms with Crippen LogP contribution in [0.3, 0.4) is 0 Å². The van der Waals surface area contributed by atoms with Crippen molar-refractivity contribution >= 4 is 36.0 Å². The van der Waals surface area contributed by atoms with Crippen LogP contribution in [0.5, 0.6) is 0 Å². The van der Waals surface area contributed by atoms with Gasteiger partial charge in [0.05, 0.1) is 18.2 Å². The number of nitrogens with zero attached hydrogens (tertiary/aromatic N) is 4. The number of rotatable bonds is 9. The van der Waals surface area contributed by atoms with Gasteiger partial charge in [0, 0.05) is 19.1 Å². The molecule has 1 aliphatic heterocycles. The highest BCUT2D eigenvalue weighted by Crippen LogP contribution is 2.53. The summed E-state index contributed by atoms with van der Waals surface area (Å²) in [7, 11) is -4.75. The highest BCUT2D eigenvalue weighted by molar-refractivity contribution is 7.53. The molecule has 1 aliphatic carbocycles. The van der Waals surface area contributed by atoms with Crippen molar-refractivity contribution in [1.82, 2.24) is 19.7 Å². The van der Waals surface area contributed by atoms with Crippen molar-refractivity contribution in [3.05, 3.63) is 11.5 Å². The summed E-state index contributed by atoms with van der Waals surface area (Å²) in [5, 5.41) is 36.4. The Labute approximate surface area is 193 Å². The van der Waals surface area contributed by atoms with Crippen molar-refractivity contribution in [2.24, 2.45) is 0 Å². The van der Waals surface area contributed by atoms with Crippen molar-refractivity contribution in [3.63, 3.8) is 0 Å². The number of nitrogens with one attached hydrogen (secondary N) is 1. The Morgan fingerprint density at radius 2 is 2.06 bits per heavy atom. The molecule has 6 N–H and O–H groups in total. The molecule has 0 aromatic carbocycles. The maximum Gasteiger partial charge on any atom is 0.356 e. The summed E-state index contributed by atoms with van der Waals surface area (Å²) in [6, 6.07) is 0.279. The van der Waals surface area contributed by atoms with Gasteiger partial charge in [0.2, 0.25) is 5.28 Å². The molecule has 0 bridgehead atoms. The lowest BCUT2D eigenvalue weighted by atomic mass is 9.93. The van der Waals surface area contributed by atoms with Crippen molar-refractivity contribution in [2.75, 3.05) is 18.5 Å². The Kier molecular flexibility index (Phi) is 6.98. The minimum atomic E-state index is -4.75. The largest absolute Gasteiger partial charge is 0.396 e. The van der Waals surface area contributed by atoms with E-state index in [0.29, 0.717) is 11.2 Å². The van der Waals surface area contributed by atoms with Crippen molar-refractivity contribution in [1.29, 1.82) is 0 Å². The molecule has 2 aromatic heterocycles. The Balaban J connectivity index is 1.55. The van der Waals surface area contributed by atoms with Gasteiger partial charge in [-0.1, -0.05) is 0 Å². The van der Waals surface area contributed by atoms with Crippen LogP contribution in [0.4, 0.5) is 5.82 Å². The third-order valence-corrected chi connectivity index (χ3v) is 7.96. The summed E-state index contributed by atoms with van der Waals surface area (Å²) < 4.78 is 24.2. The number of hydrogen-bond donors (Lipinski definition) is 6. The SMILES string of the molecule is C[C@](CCO)(OC[C@H]1O[C@@H](n2ncc3c(NC4CCC4)nc(Cl)nc32)[C@H](O)[C@@H]1O)P(=O)(O)O. The molecule has 0 unspecified atom stereocenters. The van der Waals surface area contributed by atoms with Gasteiger partial charge in [0.15, 0.2) is 17.2 Å². The van der Waals surface area contributed by atoms with E-state index < -0.39 is 50.7 Å². The zero-order valence-corrected chi connectivity index (χ0v) is 19.4. The summed E-state index contributed by atoms with van der Waals surface area (Å²) >= 11 is 6.10. The number of aliphatic hydroxyl groups excluding tert-OH is 3. The van der Waals surface area contributed by atoms with Crippen LogP contribution >= 0.6 is 19.2 Å². The minimum Gasteiger partial charge on any atom is -0.396 e. The topological polar surface area (TPSA) is 192 Å². The van der Waals surface area contributed by atoms with Gasteiger partial charge >= 0.3 is 7.60 Å². The van der Waals surface area contributed by atoms with E-state index in [9.17, 15) is 24.6 Å². The molecule has 0 spiro atoms. The average Bonchev–Trinajstić information content (AvgIpc) is 3.24. The lowest BCUT2D eigenvalue weighted by molar-refractivity contribution is -0.0980. The zero-order valence-electron chi connectivity index (χ0n) is 17.8. The molecule has 2 fully saturated rings. The molecule has 4 rings (SSSR count). The van der Waals surface area contributed by atoms with E-state index in [1.54, 1.807) is 0 Å². The highest BCUT2D eigenvalue weighted by Gasteiger charge is 2.48. The third-order valence-electron chi connectivity index (χ3n) is 6.20. The molecule has 33 heavy (non-hydrogen) atoms. The number of fused-ring (bicyclic) bond motifs is 1. The first-order valence-corrected chi connectivity index (χ1v) is 12.5. The van der Waals surface area contributed by atoms with Crippen LogP contribution < -0.4 is 5.32 Å². The summed E-state index contributed by atoms with van der Waals surface area (Å²) in [6.07, 6.45) is -0.827. The van der Waals surface area contributed by atoms with Crippen molar-refractivity contribution in [2.45, 2.75) is 68.5 Å². The second kappa shape index (κ2) is 9.33. The summed E-state index contributed by atoms with van der Waals surface area (Å²) in [6.45, 7) is 0.202. The van der Waals surface area contributed by atoms with Crippen LogP contribution in [0.25, 0.3) is 11.0 Å². The van der Waals surface area contributed by atoms with Crippen LogP contribution in [-0.4, -0.2) is 87.8 Å². The number of hydrogen-bond acceptors (Lipinski definition) is 10. The monoisotopic (exact) mass is 507 g/mol. The molecule has 0 radical (unpaired) electrons. The van der Waals surface area contributed by atoms with E-state index in [0.717, 1.165) is 26.2 Å². The lowest BCUT2D eigenvalue weighted by Gasteiger charge is -2.31. The van der Waals surface area contributed by atoms with E-state index in [2.05, 4.69) is 20.4 Å². The van der Waals surface area contributed by atoms with Crippen molar-refractivity contribution < 1.29 is 39.1 Å². The van der Waals surface area contributed by atoms with Gasteiger partial charge < -0.3 is 39.9 Å². The van der Waals surface area contributed by atoms with E-state index in [1.165, 1.54) is 10.9 Å². The molecule has 13 nitrogen and oxygen atoms in total. The number of anilines is 1. The van der Waals surface area contributed by atoms with Gasteiger partial charge in [-0.05, 0) is 37.8 Å². The molecule has 5 atom stereocenters. The quantitative estimate of drug-likeness (QED) is 0.202. The third kappa shape index (κ3) is 4.75. The predicted molar refractivity (Wildman–Crippen MR) is 116 cm³/mol. The first-order valence-electron chi connectivity index (χ1n) is 10.5. The first-order chi connectivity index (χ1) is 15.5. The van der Waals surface area contributed by atoms with E-state index in [-0.39, 0.29) is 23.4 Å². The zero-order chi connectivity index (χ0) is 24.0. The Bertz CT molecular complexity index is 1050. The normalized spacial score (nSPS) is 28.1. The van der Waals surface area contributed by atoms with Gasteiger partial charge in [-0.15, -0.1) is 0 Å². The molecular formula is C18H27ClN5O8P. The van der Waals surface area contributed by atoms with Gasteiger partial charge in [-0.25, -0.2) is 4.68 Å². The van der Waals surface area contributed by atoms with Crippen LogP contribution in [0.2, 0.25) is 5.28 Å². The summed E-state index contributed by atoms with van der Waals surface area (Å²) in [5.41, 5.74) is 0.287. The van der Waals surface area contributed by atoms with Crippen LogP contribution in [0.1, 0.15) is 38.8 Å². The van der Waals surface area contributed by atoms with Gasteiger partial charge in [0.1, 0.15) is 24.1 Å². The smallest absolute Gasteiger partial charge is 0.356 e. The van der Waals surface area contributed by atoms with Gasteiger partial charge in [-0.3, -0.25) is 4.57 Å². The molecule has 1 saturated carbocycles. The number of aliphatic hydroxyl groups is 3. The van der Waals surface area contributed by atoms with Crippen molar-refractivity contribution in [3.8, 4) is 0 Å². The Hall–Kier alpha value is -1.41. The lowest BCUT2D eigenvalue weighted by Crippen LogP contribution is -2.38. The molecule has 1 saturated heterocycles. The highest BCUT2D eigenvalue weighted by atomic mass is 35.5. The summed E-state index contributed by atoms with van der Waals surface area (Å²) in [5.74, 6) is 0.510. The molecule has 15 heteroatoms. The molecule has 2 aromatic rings. The molecule has 184 valence electrons. The maximum atomic E-state index is 11.8. The molecular weight excluding hydrogens is 481 g/mol. The Morgan fingerprint density at radius 3 is 2.67 bits per heavy atom. The minimum absolute atomic E-state index is 0.0274. The van der Waals surface area contributed by atoms with Crippen LogP contribution in [0.15, 0.2) is 6.20 Å². The average molecular weight is 508 g/mol. The molecule has 2 aliphatic rings. The fraction of sp³-hybridized carbons (Fsp3) is 0.722. The summed E-state index contributed by atoms with van der Waals surface area (Å²) in [4.78, 5) is 27.6. The number of ether oxygens (including phenoxy) is 2. The first kappa shape index (κ1) is 24.7. The second-order valence-corrected chi connectivity index (χ2v) is 10.9. The Morgan fingerprint density at radius 1 is 1.33 bits per heavy atom. The van der Waals surface area contributed by atoms with Crippen LogP contribution in [0, 0.1) is 0 Å². The number of aromatic nitrogens is 4. The number of halogens is 1. The standard InChI is InChI=1S/C18H27ClN5O8P/c1-18(5-6-25,33(28,29)30)31-8-11-12(26)13(27)16(32-11)24-15-10(7-20-24)14(22-17(19)23-15)21-9-3-2-4-9/h7,9,11-13,16,25-27H,2-6,8H2,1H3,(H,21,22,23)(H2,28,29,30)/t11-,12-,13-,16-,18+/m1/s1. The van der Waals surface area contributed by atoms with Gasteiger partial charge in [-0.2, -0.15) is 15.1 Å². The van der Waals surface area contributed by atoms with E-state index >= 15 is 0 Å². The van der Waals surface area contributed by atoms with E-state index in [4.69, 9.17) is 26.2 Å².